The molecule has 0 aromatic heterocycles. The van der Waals surface area contributed by atoms with E-state index in [1.54, 1.807) is 11.0 Å². The van der Waals surface area contributed by atoms with Crippen LogP contribution in [0.2, 0.25) is 0 Å². The molecule has 0 unspecified atom stereocenters. The van der Waals surface area contributed by atoms with E-state index in [-0.39, 0.29) is 18.4 Å². The van der Waals surface area contributed by atoms with Crippen molar-refractivity contribution in [1.29, 1.82) is 0 Å². The summed E-state index contributed by atoms with van der Waals surface area (Å²) < 4.78 is 0. The van der Waals surface area contributed by atoms with Crippen LogP contribution in [0.4, 0.5) is 5.69 Å². The summed E-state index contributed by atoms with van der Waals surface area (Å²) in [7, 11) is 1.43. The number of likely N-dealkylation sites (N-methyl/N-ethyl adjacent to an activating group) is 1. The standard InChI is InChI=1S/C16H18N2O4/c1-17(11-16(21)22)14(19)9-6-12-4-7-13(8-5-12)18-10-2-3-15(18)20/h4-9H,2-3,10-11H2,1H3,(H,21,22). The predicted octanol–water partition coefficient (Wildman–Crippen LogP) is 1.37. The van der Waals surface area contributed by atoms with Crippen molar-refractivity contribution < 1.29 is 19.5 Å². The number of benzene rings is 1. The average Bonchev–Trinajstić information content (AvgIpc) is 2.90. The van der Waals surface area contributed by atoms with E-state index in [0.29, 0.717) is 6.42 Å². The maximum atomic E-state index is 11.7. The minimum atomic E-state index is -1.05. The van der Waals surface area contributed by atoms with Crippen molar-refractivity contribution in [2.45, 2.75) is 12.8 Å². The van der Waals surface area contributed by atoms with Gasteiger partial charge in [0.2, 0.25) is 11.8 Å². The molecule has 116 valence electrons. The van der Waals surface area contributed by atoms with Crippen LogP contribution in [0.15, 0.2) is 30.3 Å². The minimum Gasteiger partial charge on any atom is -0.480 e. The lowest BCUT2D eigenvalue weighted by Crippen LogP contribution is -2.30. The largest absolute Gasteiger partial charge is 0.480 e. The third-order valence-corrected chi connectivity index (χ3v) is 3.45. The number of hydrogen-bond donors (Lipinski definition) is 1. The van der Waals surface area contributed by atoms with Crippen LogP contribution in [-0.2, 0) is 14.4 Å². The quantitative estimate of drug-likeness (QED) is 0.833. The first kappa shape index (κ1) is 15.8. The van der Waals surface area contributed by atoms with Crippen molar-refractivity contribution in [2.24, 2.45) is 0 Å². The van der Waals surface area contributed by atoms with Crippen LogP contribution in [0, 0.1) is 0 Å². The molecule has 6 nitrogen and oxygen atoms in total. The van der Waals surface area contributed by atoms with Gasteiger partial charge in [0.15, 0.2) is 0 Å². The van der Waals surface area contributed by atoms with Crippen molar-refractivity contribution in [2.75, 3.05) is 25.0 Å². The fraction of sp³-hybridized carbons (Fsp3) is 0.312. The third-order valence-electron chi connectivity index (χ3n) is 3.45. The van der Waals surface area contributed by atoms with Gasteiger partial charge in [-0.1, -0.05) is 12.1 Å². The van der Waals surface area contributed by atoms with Gasteiger partial charge in [-0.2, -0.15) is 0 Å². The summed E-state index contributed by atoms with van der Waals surface area (Å²) in [4.78, 5) is 36.7. The number of hydrogen-bond acceptors (Lipinski definition) is 3. The molecule has 0 bridgehead atoms. The fourth-order valence-electron chi connectivity index (χ4n) is 2.26. The van der Waals surface area contributed by atoms with E-state index in [9.17, 15) is 14.4 Å². The average molecular weight is 302 g/mol. The van der Waals surface area contributed by atoms with Gasteiger partial charge >= 0.3 is 5.97 Å². The molecule has 22 heavy (non-hydrogen) atoms. The maximum absolute atomic E-state index is 11.7. The summed E-state index contributed by atoms with van der Waals surface area (Å²) in [5.74, 6) is -1.29. The number of carboxylic acids is 1. The van der Waals surface area contributed by atoms with Gasteiger partial charge in [-0.05, 0) is 30.2 Å². The molecule has 0 atom stereocenters. The third kappa shape index (κ3) is 3.94. The van der Waals surface area contributed by atoms with Crippen molar-refractivity contribution in [3.8, 4) is 0 Å². The van der Waals surface area contributed by atoms with Crippen LogP contribution >= 0.6 is 0 Å². The Kier molecular flexibility index (Phi) is 4.93. The van der Waals surface area contributed by atoms with Crippen LogP contribution in [0.3, 0.4) is 0 Å². The smallest absolute Gasteiger partial charge is 0.323 e. The topological polar surface area (TPSA) is 77.9 Å². The van der Waals surface area contributed by atoms with Crippen molar-refractivity contribution >= 4 is 29.5 Å². The maximum Gasteiger partial charge on any atom is 0.323 e. The van der Waals surface area contributed by atoms with Gasteiger partial charge in [0.25, 0.3) is 0 Å². The van der Waals surface area contributed by atoms with Gasteiger partial charge < -0.3 is 14.9 Å². The Labute approximate surface area is 128 Å². The van der Waals surface area contributed by atoms with Crippen molar-refractivity contribution in [3.63, 3.8) is 0 Å². The van der Waals surface area contributed by atoms with Crippen LogP contribution in [0.1, 0.15) is 18.4 Å². The second-order valence-corrected chi connectivity index (χ2v) is 5.16. The summed E-state index contributed by atoms with van der Waals surface area (Å²) in [6, 6.07) is 7.33. The lowest BCUT2D eigenvalue weighted by molar-refractivity contribution is -0.141. The molecular formula is C16H18N2O4. The Bertz CT molecular complexity index is 607. The van der Waals surface area contributed by atoms with Crippen molar-refractivity contribution in [3.05, 3.63) is 35.9 Å². The van der Waals surface area contributed by atoms with E-state index >= 15 is 0 Å². The van der Waals surface area contributed by atoms with E-state index in [4.69, 9.17) is 5.11 Å². The van der Waals surface area contributed by atoms with Gasteiger partial charge in [-0.25, -0.2) is 0 Å². The number of carbonyl (C=O) groups excluding carboxylic acids is 2. The zero-order valence-electron chi connectivity index (χ0n) is 12.4. The minimum absolute atomic E-state index is 0.133. The lowest BCUT2D eigenvalue weighted by Gasteiger charge is -2.15. The Morgan fingerprint density at radius 3 is 2.55 bits per heavy atom. The molecule has 1 aliphatic heterocycles. The Morgan fingerprint density at radius 1 is 1.32 bits per heavy atom. The normalized spacial score (nSPS) is 14.6. The number of nitrogens with zero attached hydrogens (tertiary/aromatic N) is 2. The summed E-state index contributed by atoms with van der Waals surface area (Å²) in [5, 5.41) is 8.62. The van der Waals surface area contributed by atoms with Gasteiger partial charge in [-0.3, -0.25) is 14.4 Å². The lowest BCUT2D eigenvalue weighted by atomic mass is 10.2. The number of aliphatic carboxylic acids is 1. The predicted molar refractivity (Wildman–Crippen MR) is 82.3 cm³/mol. The number of rotatable bonds is 5. The number of carbonyl (C=O) groups is 3. The first-order valence-electron chi connectivity index (χ1n) is 7.03. The second kappa shape index (κ2) is 6.89. The molecule has 1 aromatic carbocycles. The molecule has 0 saturated carbocycles. The first-order valence-corrected chi connectivity index (χ1v) is 7.03. The zero-order chi connectivity index (χ0) is 16.1. The summed E-state index contributed by atoms with van der Waals surface area (Å²) in [6.07, 6.45) is 4.42. The monoisotopic (exact) mass is 302 g/mol. The fourth-order valence-corrected chi connectivity index (χ4v) is 2.26. The molecule has 0 aliphatic carbocycles. The molecule has 1 fully saturated rings. The SMILES string of the molecule is CN(CC(=O)O)C(=O)C=Cc1ccc(N2CCCC2=O)cc1. The highest BCUT2D eigenvalue weighted by atomic mass is 16.4. The van der Waals surface area contributed by atoms with Crippen LogP contribution < -0.4 is 4.90 Å². The number of anilines is 1. The van der Waals surface area contributed by atoms with Gasteiger partial charge in [-0.15, -0.1) is 0 Å². The van der Waals surface area contributed by atoms with Gasteiger partial charge in [0, 0.05) is 31.8 Å². The highest BCUT2D eigenvalue weighted by Crippen LogP contribution is 2.21. The van der Waals surface area contributed by atoms with Gasteiger partial charge in [0.05, 0.1) is 0 Å². The number of carboxylic acid groups (broad SMARTS) is 1. The molecule has 0 spiro atoms. The molecular weight excluding hydrogens is 284 g/mol. The zero-order valence-corrected chi connectivity index (χ0v) is 12.4. The molecule has 2 amide bonds. The molecule has 1 aliphatic rings. The molecule has 1 N–H and O–H groups in total. The molecule has 6 heteroatoms. The molecule has 2 rings (SSSR count). The van der Waals surface area contributed by atoms with Crippen LogP contribution in [-0.4, -0.2) is 47.9 Å². The van der Waals surface area contributed by atoms with E-state index in [1.165, 1.54) is 13.1 Å². The molecule has 0 radical (unpaired) electrons. The van der Waals surface area contributed by atoms with E-state index in [0.717, 1.165) is 29.1 Å². The van der Waals surface area contributed by atoms with E-state index in [2.05, 4.69) is 0 Å². The van der Waals surface area contributed by atoms with E-state index < -0.39 is 5.97 Å². The Hall–Kier alpha value is -2.63. The van der Waals surface area contributed by atoms with E-state index in [1.807, 2.05) is 24.3 Å². The Morgan fingerprint density at radius 2 is 2.00 bits per heavy atom. The summed E-state index contributed by atoms with van der Waals surface area (Å²) in [6.45, 7) is 0.408. The summed E-state index contributed by atoms with van der Waals surface area (Å²) >= 11 is 0. The van der Waals surface area contributed by atoms with Crippen molar-refractivity contribution in [1.82, 2.24) is 4.90 Å². The first-order chi connectivity index (χ1) is 10.5. The highest BCUT2D eigenvalue weighted by Gasteiger charge is 2.21. The Balaban J connectivity index is 1.99. The van der Waals surface area contributed by atoms with Gasteiger partial charge in [0.1, 0.15) is 6.54 Å². The second-order valence-electron chi connectivity index (χ2n) is 5.16. The molecule has 1 saturated heterocycles. The van der Waals surface area contributed by atoms with Crippen LogP contribution in [0.25, 0.3) is 6.08 Å². The summed E-state index contributed by atoms with van der Waals surface area (Å²) in [5.41, 5.74) is 1.67. The molecule has 1 heterocycles. The highest BCUT2D eigenvalue weighted by molar-refractivity contribution is 5.96. The van der Waals surface area contributed by atoms with Crippen LogP contribution in [0.5, 0.6) is 0 Å². The number of amides is 2. The molecule has 1 aromatic rings.